The lowest BCUT2D eigenvalue weighted by Gasteiger charge is -2.70. The Balaban J connectivity index is 0.000000125. The molecule has 0 unspecified atom stereocenters. The van der Waals surface area contributed by atoms with Gasteiger partial charge in [0.15, 0.2) is 23.0 Å². The Labute approximate surface area is 810 Å². The Bertz CT molecular complexity index is 5810. The molecule has 732 valence electrons. The molecular formula is C122H168N2O11. The molecule has 0 aromatic heterocycles. The van der Waals surface area contributed by atoms with Crippen LogP contribution in [0.2, 0.25) is 0 Å². The molecule has 0 bridgehead atoms. The molecule has 0 aliphatic heterocycles. The minimum Gasteiger partial charge on any atom is -0.504 e. The summed E-state index contributed by atoms with van der Waals surface area (Å²) in [7, 11) is 4.53. The Morgan fingerprint density at radius 3 is 0.948 bits per heavy atom. The van der Waals surface area contributed by atoms with E-state index < -0.39 is 5.41 Å². The van der Waals surface area contributed by atoms with Gasteiger partial charge in [0.1, 0.15) is 11.6 Å². The van der Waals surface area contributed by atoms with E-state index in [4.69, 9.17) is 10.5 Å². The maximum atomic E-state index is 13.1. The molecule has 20 rings (SSSR count). The van der Waals surface area contributed by atoms with Crippen molar-refractivity contribution in [2.24, 2.45) is 132 Å². The number of carbonyl (C=O) groups excluding carboxylic acids is 7. The average Bonchev–Trinajstić information content (AvgIpc) is 0.687. The number of ether oxygens (including phenoxy) is 1. The highest BCUT2D eigenvalue weighted by molar-refractivity contribution is 6.09. The van der Waals surface area contributed by atoms with Gasteiger partial charge in [-0.15, -0.1) is 0 Å². The normalized spacial score (nSPS) is 46.1. The highest BCUT2D eigenvalue weighted by atomic mass is 16.5. The molecule has 20 aliphatic carbocycles. The van der Waals surface area contributed by atoms with Crippen molar-refractivity contribution in [3.05, 3.63) is 185 Å². The fourth-order valence-corrected chi connectivity index (χ4v) is 35.9. The van der Waals surface area contributed by atoms with Crippen LogP contribution in [0.25, 0.3) is 0 Å². The van der Waals surface area contributed by atoms with E-state index in [0.29, 0.717) is 81.4 Å². The minimum atomic E-state index is -0.421. The van der Waals surface area contributed by atoms with Crippen LogP contribution >= 0.6 is 0 Å². The van der Waals surface area contributed by atoms with Crippen molar-refractivity contribution in [1.29, 1.82) is 0 Å². The lowest BCUT2D eigenvalue weighted by atomic mass is 9.34. The number of aliphatic hydroxyl groups is 3. The molecule has 1 amide bonds. The van der Waals surface area contributed by atoms with Gasteiger partial charge in [-0.2, -0.15) is 0 Å². The second-order valence-corrected chi connectivity index (χ2v) is 53.7. The largest absolute Gasteiger partial charge is 0.504 e. The number of fused-ring (bicyclic) bond motifs is 28. The number of hydrogen-bond acceptors (Lipinski definition) is 12. The third kappa shape index (κ3) is 13.7. The molecule has 0 spiro atoms. The summed E-state index contributed by atoms with van der Waals surface area (Å²) in [6.45, 7) is 62.3. The molecule has 135 heavy (non-hydrogen) atoms. The van der Waals surface area contributed by atoms with E-state index >= 15 is 0 Å². The molecule has 13 heteroatoms. The van der Waals surface area contributed by atoms with E-state index in [2.05, 4.69) is 206 Å². The first-order valence-electron chi connectivity index (χ1n) is 52.7. The Morgan fingerprint density at radius 1 is 0.356 bits per heavy atom. The maximum absolute atomic E-state index is 13.1. The summed E-state index contributed by atoms with van der Waals surface area (Å²) in [5.74, 6) is 2.19. The second-order valence-electron chi connectivity index (χ2n) is 53.7. The van der Waals surface area contributed by atoms with Crippen molar-refractivity contribution in [1.82, 2.24) is 4.90 Å². The van der Waals surface area contributed by atoms with Gasteiger partial charge in [-0.1, -0.05) is 202 Å². The average molecular weight is 1840 g/mol. The van der Waals surface area contributed by atoms with Gasteiger partial charge in [0.2, 0.25) is 29.0 Å². The van der Waals surface area contributed by atoms with Gasteiger partial charge in [-0.05, 0) is 412 Å². The lowest BCUT2D eigenvalue weighted by molar-refractivity contribution is -0.167. The van der Waals surface area contributed by atoms with Gasteiger partial charge in [0, 0.05) is 66.7 Å². The van der Waals surface area contributed by atoms with E-state index in [1.54, 1.807) is 32.1 Å². The monoisotopic (exact) mass is 1840 g/mol. The fourth-order valence-electron chi connectivity index (χ4n) is 35.9. The molecule has 24 atom stereocenters. The van der Waals surface area contributed by atoms with Crippen molar-refractivity contribution in [2.45, 2.75) is 379 Å². The molecule has 20 aliphatic rings. The first-order valence-corrected chi connectivity index (χ1v) is 52.7. The molecule has 12 fully saturated rings. The molecule has 13 nitrogen and oxygen atoms in total. The number of nitrogens with two attached hydrogens (primary N) is 1. The number of primary amides is 1. The molecule has 0 aromatic carbocycles. The predicted octanol–water partition coefficient (Wildman–Crippen LogP) is 28.3. The molecule has 0 radical (unpaired) electrons. The Hall–Kier alpha value is -7.51. The first kappa shape index (κ1) is 99.1. The highest BCUT2D eigenvalue weighted by Gasteiger charge is 2.73. The molecule has 0 saturated heterocycles. The SMILES string of the molecule is CC(=O)C[C@]1(C)CC[C@]2(C)CC[C@]3(C)C4=CC=C5C(=CC(=O)C(O)=C5C)[C@]4(C)CC[C@@]3(C)[C@@H]2C1.CC(=O)[C@]1(C)CC[C@]2(C)CC[C@]3(C)C4=CC=C5C(=CC(=O)C(O)=C5C)[C@]4(C)CC[C@@]3(C)[C@@H]2C1.CC1=C(O)C(=O)C=C2C1=CC=C1[C@@]2(C)CC[C@@]2(C)[C@@H]3C[C@](C)(N(C)C)CC[C@]3(C)CC[C@]12C.CCOC1=C(C)C2=CC=C3[C@@](C)(CC[C@@]4(C)[C@@H]5C[C@](C)(C(N)=O)CC[C@]5(C)CC[C@]34C)C2=CC1=O. The van der Waals surface area contributed by atoms with E-state index in [9.17, 15) is 48.9 Å². The van der Waals surface area contributed by atoms with Gasteiger partial charge < -0.3 is 35.5 Å². The fraction of sp³-hybridized carbons (Fsp3) is 0.680. The molecule has 0 heterocycles. The summed E-state index contributed by atoms with van der Waals surface area (Å²) in [6, 6.07) is 0. The van der Waals surface area contributed by atoms with Crippen LogP contribution in [-0.4, -0.2) is 87.1 Å². The van der Waals surface area contributed by atoms with E-state index in [1.165, 1.54) is 98.5 Å². The third-order valence-corrected chi connectivity index (χ3v) is 47.0. The number of rotatable bonds is 7. The van der Waals surface area contributed by atoms with E-state index in [-0.39, 0.29) is 133 Å². The van der Waals surface area contributed by atoms with Crippen LogP contribution < -0.4 is 5.73 Å². The highest BCUT2D eigenvalue weighted by Crippen LogP contribution is 2.82. The Morgan fingerprint density at radius 2 is 0.637 bits per heavy atom. The van der Waals surface area contributed by atoms with Crippen LogP contribution in [0.15, 0.2) is 185 Å². The zero-order valence-corrected chi connectivity index (χ0v) is 88.6. The van der Waals surface area contributed by atoms with Crippen LogP contribution in [-0.2, 0) is 38.3 Å². The number of carbonyl (C=O) groups is 7. The summed E-state index contributed by atoms with van der Waals surface area (Å²) in [4.78, 5) is 90.8. The van der Waals surface area contributed by atoms with Gasteiger partial charge in [-0.25, -0.2) is 0 Å². The van der Waals surface area contributed by atoms with E-state index in [0.717, 1.165) is 159 Å². The number of ketones is 6. The van der Waals surface area contributed by atoms with Crippen molar-refractivity contribution in [3.8, 4) is 0 Å². The van der Waals surface area contributed by atoms with E-state index in [1.807, 2.05) is 40.7 Å². The van der Waals surface area contributed by atoms with Crippen molar-refractivity contribution < 1.29 is 53.6 Å². The summed E-state index contributed by atoms with van der Waals surface area (Å²) in [5.41, 5.74) is 24.9. The van der Waals surface area contributed by atoms with Crippen LogP contribution in [0.3, 0.4) is 0 Å². The predicted molar refractivity (Wildman–Crippen MR) is 542 cm³/mol. The van der Waals surface area contributed by atoms with Crippen LogP contribution in [0.5, 0.6) is 0 Å². The van der Waals surface area contributed by atoms with Crippen LogP contribution in [0, 0.1) is 127 Å². The topological polar surface area (TPSA) is 219 Å². The summed E-state index contributed by atoms with van der Waals surface area (Å²) < 4.78 is 5.74. The summed E-state index contributed by atoms with van der Waals surface area (Å²) in [6.07, 6.45) is 57.5. The maximum Gasteiger partial charge on any atom is 0.223 e. The van der Waals surface area contributed by atoms with Gasteiger partial charge in [-0.3, -0.25) is 28.8 Å². The smallest absolute Gasteiger partial charge is 0.223 e. The summed E-state index contributed by atoms with van der Waals surface area (Å²) >= 11 is 0. The number of Topliss-reactive ketones (excluding diaryl/α,β-unsaturated/α-hetero) is 2. The van der Waals surface area contributed by atoms with Gasteiger partial charge in [0.05, 0.1) is 6.61 Å². The quantitative estimate of drug-likeness (QED) is 0.187. The zero-order valence-electron chi connectivity index (χ0n) is 88.6. The molecular weight excluding hydrogens is 1670 g/mol. The molecule has 0 aromatic rings. The van der Waals surface area contributed by atoms with Crippen molar-refractivity contribution in [3.63, 3.8) is 0 Å². The standard InChI is InChI=1S/C31H43NO3.C31H42O3.C30H43NO2.C30H40O3/c1-8-35-25-19(2)20-9-10-23-29(5,21(20)17-22(25)33)14-16-31(7)24-18-28(4,26(32)34)12-11-27(24,3)13-15-30(23,31)6;1-19(32)17-27(3)10-11-28(4)12-14-30(6)24-9-8-21-20(2)26(34)23(33)16-22(21)29(24,5)13-15-31(30,7)25(28)18-27;1-19-20-9-10-23-28(4,21(20)17-22(32)25(19)33)14-16-30(6)24-18-27(3,31(7)8)13-11-26(24,2)12-15-29(23,30)5;1-18-20-8-9-23-28(5,21(20)16-22(32)25(18)33)13-15-30(7)24-17-27(4,19(2)31)11-10-26(24,3)12-14-29(23,30)6/h9-10,17,24H,8,11-16,18H2,1-7H3,(H2,32,34);8-9,16,25,34H,10-15,17-18H2,1-7H3;9-10,17,24,33H,11-16,18H2,1-8H3;8-9,16,24,33H,10-15,17H2,1-7H3/t24-,27-,28-,29+,30-,31+;25-,27+,28-,29+,30-,31+;2*24-,26-,27-,28+,29-,30+/m1111/s1. The lowest BCUT2D eigenvalue weighted by Crippen LogP contribution is -2.63. The number of amides is 1. The molecule has 5 N–H and O–H groups in total. The van der Waals surface area contributed by atoms with Gasteiger partial charge >= 0.3 is 0 Å². The number of nitrogens with zero attached hydrogens (tertiary/aromatic N) is 1. The second kappa shape index (κ2) is 31.5. The third-order valence-electron chi connectivity index (χ3n) is 47.0. The van der Waals surface area contributed by atoms with Crippen LogP contribution in [0.4, 0.5) is 0 Å². The summed E-state index contributed by atoms with van der Waals surface area (Å²) in [5, 5.41) is 30.9. The first-order chi connectivity index (χ1) is 62.4. The van der Waals surface area contributed by atoms with Crippen molar-refractivity contribution >= 4 is 40.6 Å². The molecule has 12 saturated carbocycles. The number of hydrogen-bond donors (Lipinski definition) is 4. The minimum absolute atomic E-state index is 0.00168. The van der Waals surface area contributed by atoms with Gasteiger partial charge in [0.25, 0.3) is 0 Å². The Kier molecular flexibility index (Phi) is 23.1. The number of allylic oxidation sites excluding steroid dienone is 28. The zero-order chi connectivity index (χ0) is 98.9. The van der Waals surface area contributed by atoms with Crippen molar-refractivity contribution in [2.75, 3.05) is 20.7 Å². The number of aliphatic hydroxyl groups excluding tert-OH is 3. The van der Waals surface area contributed by atoms with Crippen LogP contribution in [0.1, 0.15) is 373 Å².